The van der Waals surface area contributed by atoms with Gasteiger partial charge in [-0.15, -0.1) is 11.3 Å². The summed E-state index contributed by atoms with van der Waals surface area (Å²) in [7, 11) is 0. The van der Waals surface area contributed by atoms with E-state index in [1.807, 2.05) is 30.5 Å². The third-order valence-electron chi connectivity index (χ3n) is 2.17. The SMILES string of the molecule is CCOc1ccc(CNc2nccs2)cc1Cl. The molecule has 0 unspecified atom stereocenters. The predicted octanol–water partition coefficient (Wildman–Crippen LogP) is 3.81. The van der Waals surface area contributed by atoms with Crippen molar-refractivity contribution in [3.05, 3.63) is 40.4 Å². The van der Waals surface area contributed by atoms with E-state index in [1.54, 1.807) is 17.5 Å². The van der Waals surface area contributed by atoms with Gasteiger partial charge in [0.25, 0.3) is 0 Å². The summed E-state index contributed by atoms with van der Waals surface area (Å²) in [5, 5.41) is 6.72. The Kier molecular flexibility index (Phi) is 4.23. The Labute approximate surface area is 109 Å². The number of rotatable bonds is 5. The highest BCUT2D eigenvalue weighted by Crippen LogP contribution is 2.25. The van der Waals surface area contributed by atoms with Crippen LogP contribution in [0.5, 0.6) is 5.75 Å². The molecule has 1 aromatic heterocycles. The lowest BCUT2D eigenvalue weighted by Gasteiger charge is -2.08. The third-order valence-corrected chi connectivity index (χ3v) is 3.20. The maximum Gasteiger partial charge on any atom is 0.182 e. The molecule has 0 atom stereocenters. The van der Waals surface area contributed by atoms with Crippen molar-refractivity contribution < 1.29 is 4.74 Å². The fourth-order valence-electron chi connectivity index (χ4n) is 1.42. The molecule has 5 heteroatoms. The van der Waals surface area contributed by atoms with Gasteiger partial charge in [0, 0.05) is 18.1 Å². The van der Waals surface area contributed by atoms with Gasteiger partial charge in [-0.2, -0.15) is 0 Å². The first-order chi connectivity index (χ1) is 8.29. The largest absolute Gasteiger partial charge is 0.492 e. The molecular formula is C12H13ClN2OS. The number of nitrogens with one attached hydrogen (secondary N) is 1. The van der Waals surface area contributed by atoms with Crippen LogP contribution in [0.3, 0.4) is 0 Å². The van der Waals surface area contributed by atoms with Crippen LogP contribution in [-0.2, 0) is 6.54 Å². The second kappa shape index (κ2) is 5.89. The van der Waals surface area contributed by atoms with Crippen molar-refractivity contribution in [3.63, 3.8) is 0 Å². The fraction of sp³-hybridized carbons (Fsp3) is 0.250. The van der Waals surface area contributed by atoms with Crippen molar-refractivity contribution in [2.45, 2.75) is 13.5 Å². The van der Waals surface area contributed by atoms with E-state index in [0.717, 1.165) is 16.4 Å². The van der Waals surface area contributed by atoms with Crippen molar-refractivity contribution in [2.75, 3.05) is 11.9 Å². The molecule has 0 saturated heterocycles. The molecule has 0 aliphatic heterocycles. The highest BCUT2D eigenvalue weighted by Gasteiger charge is 2.03. The van der Waals surface area contributed by atoms with Crippen molar-refractivity contribution >= 4 is 28.1 Å². The van der Waals surface area contributed by atoms with Crippen LogP contribution in [0.15, 0.2) is 29.8 Å². The molecular weight excluding hydrogens is 256 g/mol. The van der Waals surface area contributed by atoms with Crippen molar-refractivity contribution in [3.8, 4) is 5.75 Å². The zero-order valence-electron chi connectivity index (χ0n) is 9.44. The summed E-state index contributed by atoms with van der Waals surface area (Å²) < 4.78 is 5.38. The van der Waals surface area contributed by atoms with E-state index in [4.69, 9.17) is 16.3 Å². The molecule has 0 saturated carbocycles. The summed E-state index contributed by atoms with van der Waals surface area (Å²) in [6, 6.07) is 5.80. The maximum absolute atomic E-state index is 6.10. The summed E-state index contributed by atoms with van der Waals surface area (Å²) >= 11 is 7.68. The lowest BCUT2D eigenvalue weighted by molar-refractivity contribution is 0.340. The second-order valence-corrected chi connectivity index (χ2v) is 4.69. The van der Waals surface area contributed by atoms with Crippen LogP contribution < -0.4 is 10.1 Å². The Bertz CT molecular complexity index is 473. The van der Waals surface area contributed by atoms with Crippen molar-refractivity contribution in [2.24, 2.45) is 0 Å². The van der Waals surface area contributed by atoms with Crippen LogP contribution in [0.2, 0.25) is 5.02 Å². The number of ether oxygens (including phenoxy) is 1. The highest BCUT2D eigenvalue weighted by atomic mass is 35.5. The van der Waals surface area contributed by atoms with Gasteiger partial charge in [0.15, 0.2) is 5.13 Å². The first-order valence-electron chi connectivity index (χ1n) is 5.34. The summed E-state index contributed by atoms with van der Waals surface area (Å²) in [5.41, 5.74) is 1.11. The van der Waals surface area contributed by atoms with Crippen molar-refractivity contribution in [1.29, 1.82) is 0 Å². The molecule has 17 heavy (non-hydrogen) atoms. The topological polar surface area (TPSA) is 34.1 Å². The van der Waals surface area contributed by atoms with E-state index in [9.17, 15) is 0 Å². The van der Waals surface area contributed by atoms with Gasteiger partial charge in [-0.05, 0) is 24.6 Å². The Hall–Kier alpha value is -1.26. The molecule has 0 aliphatic rings. The summed E-state index contributed by atoms with van der Waals surface area (Å²) in [5.74, 6) is 0.729. The highest BCUT2D eigenvalue weighted by molar-refractivity contribution is 7.13. The minimum atomic E-state index is 0.621. The summed E-state index contributed by atoms with van der Waals surface area (Å²) in [4.78, 5) is 4.15. The second-order valence-electron chi connectivity index (χ2n) is 3.39. The lowest BCUT2D eigenvalue weighted by atomic mass is 10.2. The molecule has 1 N–H and O–H groups in total. The molecule has 3 nitrogen and oxygen atoms in total. The Morgan fingerprint density at radius 2 is 2.35 bits per heavy atom. The van der Waals surface area contributed by atoms with E-state index in [1.165, 1.54) is 0 Å². The number of hydrogen-bond acceptors (Lipinski definition) is 4. The van der Waals surface area contributed by atoms with E-state index in [0.29, 0.717) is 18.2 Å². The molecule has 1 aromatic carbocycles. The molecule has 90 valence electrons. The molecule has 2 aromatic rings. The van der Waals surface area contributed by atoms with E-state index in [-0.39, 0.29) is 0 Å². The standard InChI is InChI=1S/C12H13ClN2OS/c1-2-16-11-4-3-9(7-10(11)13)8-15-12-14-5-6-17-12/h3-7H,2,8H2,1H3,(H,14,15). The van der Waals surface area contributed by atoms with Gasteiger partial charge in [-0.25, -0.2) is 4.98 Å². The third kappa shape index (κ3) is 3.35. The summed E-state index contributed by atoms with van der Waals surface area (Å²) in [6.07, 6.45) is 1.78. The van der Waals surface area contributed by atoms with Crippen LogP contribution in [0.25, 0.3) is 0 Å². The molecule has 0 aliphatic carbocycles. The van der Waals surface area contributed by atoms with E-state index >= 15 is 0 Å². The maximum atomic E-state index is 6.10. The summed E-state index contributed by atoms with van der Waals surface area (Å²) in [6.45, 7) is 3.27. The van der Waals surface area contributed by atoms with E-state index < -0.39 is 0 Å². The van der Waals surface area contributed by atoms with Gasteiger partial charge in [0.05, 0.1) is 11.6 Å². The number of aromatic nitrogens is 1. The molecule has 0 fully saturated rings. The Morgan fingerprint density at radius 3 is 3.00 bits per heavy atom. The minimum Gasteiger partial charge on any atom is -0.492 e. The smallest absolute Gasteiger partial charge is 0.182 e. The molecule has 0 bridgehead atoms. The zero-order valence-corrected chi connectivity index (χ0v) is 11.0. The van der Waals surface area contributed by atoms with Crippen LogP contribution >= 0.6 is 22.9 Å². The Balaban J connectivity index is 2.00. The number of nitrogens with zero attached hydrogens (tertiary/aromatic N) is 1. The normalized spacial score (nSPS) is 10.2. The Morgan fingerprint density at radius 1 is 1.47 bits per heavy atom. The van der Waals surface area contributed by atoms with Crippen LogP contribution in [0.4, 0.5) is 5.13 Å². The predicted molar refractivity (Wildman–Crippen MR) is 72.1 cm³/mol. The van der Waals surface area contributed by atoms with Gasteiger partial charge in [-0.1, -0.05) is 17.7 Å². The molecule has 0 spiro atoms. The average Bonchev–Trinajstić information content (AvgIpc) is 2.83. The first kappa shape index (κ1) is 12.2. The zero-order chi connectivity index (χ0) is 12.1. The molecule has 0 amide bonds. The lowest BCUT2D eigenvalue weighted by Crippen LogP contribution is -1.99. The van der Waals surface area contributed by atoms with Gasteiger partial charge < -0.3 is 10.1 Å². The minimum absolute atomic E-state index is 0.621. The number of benzene rings is 1. The number of anilines is 1. The quantitative estimate of drug-likeness (QED) is 0.895. The fourth-order valence-corrected chi connectivity index (χ4v) is 2.20. The van der Waals surface area contributed by atoms with Crippen LogP contribution in [-0.4, -0.2) is 11.6 Å². The van der Waals surface area contributed by atoms with Gasteiger partial charge in [-0.3, -0.25) is 0 Å². The average molecular weight is 269 g/mol. The van der Waals surface area contributed by atoms with Gasteiger partial charge >= 0.3 is 0 Å². The van der Waals surface area contributed by atoms with Gasteiger partial charge in [0.1, 0.15) is 5.75 Å². The molecule has 1 heterocycles. The monoisotopic (exact) mass is 268 g/mol. The number of thiazole rings is 1. The van der Waals surface area contributed by atoms with Crippen LogP contribution in [0, 0.1) is 0 Å². The number of hydrogen-bond donors (Lipinski definition) is 1. The first-order valence-corrected chi connectivity index (χ1v) is 6.60. The van der Waals surface area contributed by atoms with Crippen molar-refractivity contribution in [1.82, 2.24) is 4.98 Å². The van der Waals surface area contributed by atoms with Crippen LogP contribution in [0.1, 0.15) is 12.5 Å². The number of halogens is 1. The molecule has 0 radical (unpaired) electrons. The molecule has 2 rings (SSSR count). The van der Waals surface area contributed by atoms with E-state index in [2.05, 4.69) is 10.3 Å². The van der Waals surface area contributed by atoms with Gasteiger partial charge in [0.2, 0.25) is 0 Å².